The molecule has 0 radical (unpaired) electrons. The summed E-state index contributed by atoms with van der Waals surface area (Å²) in [5.74, 6) is 0. The molecule has 0 aromatic carbocycles. The van der Waals surface area contributed by atoms with Crippen molar-refractivity contribution in [2.45, 2.75) is 45.4 Å². The number of rotatable bonds is 13. The molecule has 0 fully saturated rings. The molecule has 5 nitrogen and oxygen atoms in total. The van der Waals surface area contributed by atoms with Crippen LogP contribution in [0.4, 0.5) is 0 Å². The summed E-state index contributed by atoms with van der Waals surface area (Å²) >= 11 is 0. The molecule has 0 aromatic rings. The second kappa shape index (κ2) is 13.9. The summed E-state index contributed by atoms with van der Waals surface area (Å²) in [6.45, 7) is 4.43. The molecule has 0 rings (SSSR count). The first-order valence-electron chi connectivity index (χ1n) is 6.60. The lowest BCUT2D eigenvalue weighted by atomic mass is 10.3. The summed E-state index contributed by atoms with van der Waals surface area (Å²) in [4.78, 5) is 10.9. The molecular formula is C12H27NO4. The molecule has 0 bridgehead atoms. The monoisotopic (exact) mass is 249 g/mol. The summed E-state index contributed by atoms with van der Waals surface area (Å²) in [6.07, 6.45) is 5.30. The first-order valence-corrected chi connectivity index (χ1v) is 6.60. The third-order valence-electron chi connectivity index (χ3n) is 2.27. The Kier molecular flexibility index (Phi) is 13.7. The maximum absolute atomic E-state index is 8.65. The summed E-state index contributed by atoms with van der Waals surface area (Å²) in [5.41, 5.74) is 0. The maximum atomic E-state index is 8.65. The van der Waals surface area contributed by atoms with Crippen LogP contribution < -0.4 is 0 Å². The van der Waals surface area contributed by atoms with Gasteiger partial charge < -0.3 is 10.2 Å². The van der Waals surface area contributed by atoms with Crippen molar-refractivity contribution in [3.63, 3.8) is 0 Å². The van der Waals surface area contributed by atoms with E-state index in [1.54, 1.807) is 0 Å². The largest absolute Gasteiger partial charge is 0.396 e. The van der Waals surface area contributed by atoms with E-state index in [4.69, 9.17) is 19.9 Å². The van der Waals surface area contributed by atoms with Gasteiger partial charge in [-0.05, 0) is 32.1 Å². The van der Waals surface area contributed by atoms with Gasteiger partial charge in [0.2, 0.25) is 0 Å². The molecule has 0 aromatic heterocycles. The summed E-state index contributed by atoms with van der Waals surface area (Å²) < 4.78 is 0. The second-order valence-corrected chi connectivity index (χ2v) is 3.94. The molecule has 0 spiro atoms. The molecule has 0 aliphatic carbocycles. The van der Waals surface area contributed by atoms with Gasteiger partial charge in [0.25, 0.3) is 0 Å². The maximum Gasteiger partial charge on any atom is 0.0712 e. The van der Waals surface area contributed by atoms with Gasteiger partial charge in [-0.25, -0.2) is 0 Å². The Bertz CT molecular complexity index is 134. The van der Waals surface area contributed by atoms with Crippen molar-refractivity contribution in [1.29, 1.82) is 0 Å². The number of hydrogen-bond donors (Lipinski definition) is 2. The predicted molar refractivity (Wildman–Crippen MR) is 66.2 cm³/mol. The van der Waals surface area contributed by atoms with Gasteiger partial charge in [-0.15, -0.1) is 0 Å². The van der Waals surface area contributed by atoms with Crippen LogP contribution in [0.1, 0.15) is 45.4 Å². The Morgan fingerprint density at radius 3 is 1.76 bits per heavy atom. The van der Waals surface area contributed by atoms with Gasteiger partial charge in [0.15, 0.2) is 0 Å². The molecule has 2 N–H and O–H groups in total. The highest BCUT2D eigenvalue weighted by Gasteiger charge is 2.05. The Labute approximate surface area is 104 Å². The molecule has 17 heavy (non-hydrogen) atoms. The summed E-state index contributed by atoms with van der Waals surface area (Å²) in [6, 6.07) is 0. The first-order chi connectivity index (χ1) is 8.35. The minimum Gasteiger partial charge on any atom is -0.396 e. The van der Waals surface area contributed by atoms with Crippen LogP contribution in [-0.2, 0) is 9.68 Å². The van der Waals surface area contributed by atoms with Crippen molar-refractivity contribution in [1.82, 2.24) is 5.23 Å². The van der Waals surface area contributed by atoms with Crippen LogP contribution in [0, 0.1) is 0 Å². The minimum atomic E-state index is 0.204. The van der Waals surface area contributed by atoms with Crippen molar-refractivity contribution in [2.75, 3.05) is 33.0 Å². The predicted octanol–water partition coefficient (Wildman–Crippen LogP) is 1.50. The molecular weight excluding hydrogens is 222 g/mol. The SMILES string of the molecule is CCCCN(OCCCCO)OCCCCO. The van der Waals surface area contributed by atoms with Gasteiger partial charge in [-0.2, -0.15) is 0 Å². The minimum absolute atomic E-state index is 0.204. The molecule has 0 unspecified atom stereocenters. The lowest BCUT2D eigenvalue weighted by molar-refractivity contribution is -0.369. The fraction of sp³-hybridized carbons (Fsp3) is 1.00. The molecule has 0 saturated carbocycles. The average molecular weight is 249 g/mol. The normalized spacial score (nSPS) is 11.3. The molecule has 104 valence electrons. The third kappa shape index (κ3) is 12.1. The molecule has 0 amide bonds. The van der Waals surface area contributed by atoms with Crippen molar-refractivity contribution in [3.8, 4) is 0 Å². The van der Waals surface area contributed by atoms with E-state index < -0.39 is 0 Å². The van der Waals surface area contributed by atoms with E-state index in [0.717, 1.165) is 45.1 Å². The third-order valence-corrected chi connectivity index (χ3v) is 2.27. The van der Waals surface area contributed by atoms with Crippen molar-refractivity contribution < 1.29 is 19.9 Å². The van der Waals surface area contributed by atoms with Gasteiger partial charge in [0, 0.05) is 13.2 Å². The van der Waals surface area contributed by atoms with Crippen LogP contribution >= 0.6 is 0 Å². The van der Waals surface area contributed by atoms with Gasteiger partial charge in [0.05, 0.1) is 19.8 Å². The van der Waals surface area contributed by atoms with E-state index >= 15 is 0 Å². The Morgan fingerprint density at radius 1 is 0.824 bits per heavy atom. The fourth-order valence-electron chi connectivity index (χ4n) is 1.21. The van der Waals surface area contributed by atoms with Crippen molar-refractivity contribution in [2.24, 2.45) is 0 Å². The van der Waals surface area contributed by atoms with Crippen LogP contribution in [0.25, 0.3) is 0 Å². The number of hydrogen-bond acceptors (Lipinski definition) is 5. The van der Waals surface area contributed by atoms with Crippen molar-refractivity contribution in [3.05, 3.63) is 0 Å². The molecule has 5 heteroatoms. The van der Waals surface area contributed by atoms with Crippen LogP contribution in [-0.4, -0.2) is 48.4 Å². The lowest BCUT2D eigenvalue weighted by Gasteiger charge is -2.20. The highest BCUT2D eigenvalue weighted by molar-refractivity contribution is 4.39. The van der Waals surface area contributed by atoms with Gasteiger partial charge in [0.1, 0.15) is 0 Å². The zero-order chi connectivity index (χ0) is 12.8. The van der Waals surface area contributed by atoms with Crippen LogP contribution in [0.3, 0.4) is 0 Å². The topological polar surface area (TPSA) is 62.2 Å². The molecule has 0 atom stereocenters. The zero-order valence-electron chi connectivity index (χ0n) is 10.9. The lowest BCUT2D eigenvalue weighted by Crippen LogP contribution is -2.27. The van der Waals surface area contributed by atoms with Crippen molar-refractivity contribution >= 4 is 0 Å². The molecule has 0 aliphatic heterocycles. The van der Waals surface area contributed by atoms with Gasteiger partial charge in [-0.1, -0.05) is 18.6 Å². The van der Waals surface area contributed by atoms with E-state index in [-0.39, 0.29) is 13.2 Å². The average Bonchev–Trinajstić information content (AvgIpc) is 2.35. The van der Waals surface area contributed by atoms with E-state index in [1.165, 1.54) is 5.23 Å². The number of hydroxylamine groups is 2. The number of unbranched alkanes of at least 4 members (excludes halogenated alkanes) is 3. The highest BCUT2D eigenvalue weighted by atomic mass is 16.9. The standard InChI is InChI=1S/C12H27NO4/c1-2-3-8-13(16-11-6-4-9-14)17-12-7-5-10-15/h14-15H,2-12H2,1H3. The second-order valence-electron chi connectivity index (χ2n) is 3.94. The van der Waals surface area contributed by atoms with Gasteiger partial charge in [-0.3, -0.25) is 9.68 Å². The van der Waals surface area contributed by atoms with E-state index in [2.05, 4.69) is 6.92 Å². The Hall–Kier alpha value is -0.200. The van der Waals surface area contributed by atoms with E-state index in [1.807, 2.05) is 0 Å². The smallest absolute Gasteiger partial charge is 0.0712 e. The van der Waals surface area contributed by atoms with Crippen LogP contribution in [0.5, 0.6) is 0 Å². The highest BCUT2D eigenvalue weighted by Crippen LogP contribution is 2.01. The number of aliphatic hydroxyl groups is 2. The van der Waals surface area contributed by atoms with Gasteiger partial charge >= 0.3 is 0 Å². The summed E-state index contributed by atoms with van der Waals surface area (Å²) in [7, 11) is 0. The Morgan fingerprint density at radius 2 is 1.35 bits per heavy atom. The zero-order valence-corrected chi connectivity index (χ0v) is 10.9. The quantitative estimate of drug-likeness (QED) is 0.382. The molecule has 0 aliphatic rings. The Balaban J connectivity index is 3.56. The number of aliphatic hydroxyl groups excluding tert-OH is 2. The van der Waals surface area contributed by atoms with E-state index in [0.29, 0.717) is 13.2 Å². The molecule has 0 saturated heterocycles. The van der Waals surface area contributed by atoms with Crippen LogP contribution in [0.15, 0.2) is 0 Å². The fourth-order valence-corrected chi connectivity index (χ4v) is 1.21. The summed E-state index contributed by atoms with van der Waals surface area (Å²) in [5, 5.41) is 18.8. The first kappa shape index (κ1) is 16.8. The number of nitrogens with zero attached hydrogens (tertiary/aromatic N) is 1. The van der Waals surface area contributed by atoms with Crippen LogP contribution in [0.2, 0.25) is 0 Å². The molecule has 0 heterocycles. The van der Waals surface area contributed by atoms with E-state index in [9.17, 15) is 0 Å².